The molecule has 2 heterocycles. The van der Waals surface area contributed by atoms with Crippen LogP contribution in [-0.4, -0.2) is 0 Å². The van der Waals surface area contributed by atoms with Crippen LogP contribution in [0.5, 0.6) is 0 Å². The molecule has 0 aliphatic carbocycles. The van der Waals surface area contributed by atoms with Gasteiger partial charge in [-0.3, -0.25) is 5.32 Å². The Hall–Kier alpha value is -2.06. The first-order valence-corrected chi connectivity index (χ1v) is 6.63. The Morgan fingerprint density at radius 1 is 1.11 bits per heavy atom. The van der Waals surface area contributed by atoms with Gasteiger partial charge in [-0.1, -0.05) is 42.5 Å². The fourth-order valence-electron chi connectivity index (χ4n) is 2.92. The van der Waals surface area contributed by atoms with Gasteiger partial charge in [0.1, 0.15) is 11.3 Å². The van der Waals surface area contributed by atoms with E-state index >= 15 is 0 Å². The molecule has 2 nitrogen and oxygen atoms in total. The van der Waals surface area contributed by atoms with Crippen molar-refractivity contribution in [1.82, 2.24) is 5.32 Å². The van der Waals surface area contributed by atoms with Crippen molar-refractivity contribution >= 4 is 11.0 Å². The molecule has 1 N–H and O–H groups in total. The van der Waals surface area contributed by atoms with Crippen LogP contribution in [0.1, 0.15) is 28.5 Å². The first-order valence-electron chi connectivity index (χ1n) is 6.63. The van der Waals surface area contributed by atoms with E-state index in [1.54, 1.807) is 0 Å². The van der Waals surface area contributed by atoms with Crippen molar-refractivity contribution in [1.29, 1.82) is 0 Å². The lowest BCUT2D eigenvalue weighted by Crippen LogP contribution is -2.12. The third kappa shape index (κ3) is 1.60. The number of nitrogens with one attached hydrogen (secondary N) is 1. The van der Waals surface area contributed by atoms with E-state index in [1.807, 2.05) is 0 Å². The van der Waals surface area contributed by atoms with Crippen LogP contribution in [0.2, 0.25) is 0 Å². The summed E-state index contributed by atoms with van der Waals surface area (Å²) in [6, 6.07) is 17.1. The molecule has 0 fully saturated rings. The second-order valence-electron chi connectivity index (χ2n) is 5.15. The molecule has 2 heteroatoms. The van der Waals surface area contributed by atoms with Crippen molar-refractivity contribution in [2.24, 2.45) is 0 Å². The number of hydrogen-bond acceptors (Lipinski definition) is 2. The van der Waals surface area contributed by atoms with Gasteiger partial charge < -0.3 is 4.42 Å². The zero-order valence-corrected chi connectivity index (χ0v) is 10.8. The molecule has 1 aliphatic heterocycles. The number of aryl methyl sites for hydroxylation is 1. The van der Waals surface area contributed by atoms with Gasteiger partial charge in [-0.15, -0.1) is 0 Å². The maximum absolute atomic E-state index is 6.08. The van der Waals surface area contributed by atoms with E-state index in [2.05, 4.69) is 60.8 Å². The minimum Gasteiger partial charge on any atom is -0.459 e. The Morgan fingerprint density at radius 3 is 2.89 bits per heavy atom. The summed E-state index contributed by atoms with van der Waals surface area (Å²) in [5.74, 6) is 1.01. The van der Waals surface area contributed by atoms with Crippen LogP contribution in [0, 0.1) is 6.92 Å². The zero-order valence-electron chi connectivity index (χ0n) is 10.8. The Balaban J connectivity index is 1.86. The smallest absolute Gasteiger partial charge is 0.137 e. The number of furan rings is 1. The molecule has 1 aliphatic rings. The number of fused-ring (bicyclic) bond motifs is 2. The maximum Gasteiger partial charge on any atom is 0.137 e. The molecule has 4 rings (SSSR count). The van der Waals surface area contributed by atoms with Gasteiger partial charge >= 0.3 is 0 Å². The van der Waals surface area contributed by atoms with E-state index in [1.165, 1.54) is 22.1 Å². The molecule has 0 spiro atoms. The molecule has 0 saturated carbocycles. The summed E-state index contributed by atoms with van der Waals surface area (Å²) < 4.78 is 6.08. The second kappa shape index (κ2) is 3.97. The third-order valence-electron chi connectivity index (χ3n) is 3.91. The Kier molecular flexibility index (Phi) is 2.26. The van der Waals surface area contributed by atoms with Gasteiger partial charge in [0.05, 0.1) is 6.04 Å². The highest BCUT2D eigenvalue weighted by Crippen LogP contribution is 2.34. The minimum atomic E-state index is 0.183. The molecule has 0 amide bonds. The van der Waals surface area contributed by atoms with Gasteiger partial charge in [0.25, 0.3) is 0 Å². The molecule has 2 aromatic carbocycles. The monoisotopic (exact) mass is 249 g/mol. The number of benzene rings is 2. The largest absolute Gasteiger partial charge is 0.459 e. The van der Waals surface area contributed by atoms with Crippen LogP contribution >= 0.6 is 0 Å². The highest BCUT2D eigenvalue weighted by atomic mass is 16.3. The predicted octanol–water partition coefficient (Wildman–Crippen LogP) is 3.93. The first kappa shape index (κ1) is 10.8. The highest BCUT2D eigenvalue weighted by molar-refractivity contribution is 5.81. The highest BCUT2D eigenvalue weighted by Gasteiger charge is 2.25. The predicted molar refractivity (Wildman–Crippen MR) is 76.1 cm³/mol. The van der Waals surface area contributed by atoms with Gasteiger partial charge in [-0.25, -0.2) is 0 Å². The average Bonchev–Trinajstić information content (AvgIpc) is 3.02. The van der Waals surface area contributed by atoms with Crippen LogP contribution < -0.4 is 5.32 Å². The zero-order chi connectivity index (χ0) is 12.8. The summed E-state index contributed by atoms with van der Waals surface area (Å²) in [5, 5.41) is 4.71. The molecule has 0 radical (unpaired) electrons. The van der Waals surface area contributed by atoms with Crippen LogP contribution in [0.25, 0.3) is 11.0 Å². The topological polar surface area (TPSA) is 25.2 Å². The van der Waals surface area contributed by atoms with Gasteiger partial charge in [0.2, 0.25) is 0 Å². The van der Waals surface area contributed by atoms with E-state index in [4.69, 9.17) is 4.42 Å². The fraction of sp³-hybridized carbons (Fsp3) is 0.176. The SMILES string of the molecule is Cc1cccc2cc(C3NCc4ccccc43)oc12. The molecule has 19 heavy (non-hydrogen) atoms. The molecule has 0 saturated heterocycles. The van der Waals surface area contributed by atoms with E-state index in [9.17, 15) is 0 Å². The molecule has 1 unspecified atom stereocenters. The van der Waals surface area contributed by atoms with E-state index in [0.717, 1.165) is 17.9 Å². The van der Waals surface area contributed by atoms with E-state index in [0.29, 0.717) is 0 Å². The van der Waals surface area contributed by atoms with Gasteiger partial charge in [0.15, 0.2) is 0 Å². The summed E-state index contributed by atoms with van der Waals surface area (Å²) in [6.07, 6.45) is 0. The summed E-state index contributed by atoms with van der Waals surface area (Å²) in [4.78, 5) is 0. The lowest BCUT2D eigenvalue weighted by Gasteiger charge is -2.08. The quantitative estimate of drug-likeness (QED) is 0.706. The van der Waals surface area contributed by atoms with Crippen LogP contribution in [0.3, 0.4) is 0 Å². The van der Waals surface area contributed by atoms with Gasteiger partial charge in [-0.05, 0) is 29.7 Å². The lowest BCUT2D eigenvalue weighted by molar-refractivity contribution is 0.489. The molecular weight excluding hydrogens is 234 g/mol. The fourth-order valence-corrected chi connectivity index (χ4v) is 2.92. The van der Waals surface area contributed by atoms with Crippen molar-refractivity contribution in [2.75, 3.05) is 0 Å². The molecule has 0 bridgehead atoms. The van der Waals surface area contributed by atoms with Crippen molar-refractivity contribution in [2.45, 2.75) is 19.5 Å². The second-order valence-corrected chi connectivity index (χ2v) is 5.15. The molecular formula is C17H15NO. The van der Waals surface area contributed by atoms with Crippen LogP contribution in [-0.2, 0) is 6.54 Å². The Labute approximate surface area is 112 Å². The number of rotatable bonds is 1. The van der Waals surface area contributed by atoms with Crippen molar-refractivity contribution in [3.05, 3.63) is 71.0 Å². The van der Waals surface area contributed by atoms with Crippen LogP contribution in [0.15, 0.2) is 52.9 Å². The first-order chi connectivity index (χ1) is 9.33. The molecule has 1 atom stereocenters. The molecule has 3 aromatic rings. The van der Waals surface area contributed by atoms with Gasteiger partial charge in [0, 0.05) is 11.9 Å². The maximum atomic E-state index is 6.08. The van der Waals surface area contributed by atoms with Crippen LogP contribution in [0.4, 0.5) is 0 Å². The van der Waals surface area contributed by atoms with Crippen molar-refractivity contribution in [3.8, 4) is 0 Å². The minimum absolute atomic E-state index is 0.183. The van der Waals surface area contributed by atoms with E-state index in [-0.39, 0.29) is 6.04 Å². The Morgan fingerprint density at radius 2 is 2.00 bits per heavy atom. The summed E-state index contributed by atoms with van der Waals surface area (Å²) in [7, 11) is 0. The number of para-hydroxylation sites is 1. The average molecular weight is 249 g/mol. The normalized spacial score (nSPS) is 17.8. The third-order valence-corrected chi connectivity index (χ3v) is 3.91. The van der Waals surface area contributed by atoms with Crippen molar-refractivity contribution < 1.29 is 4.42 Å². The number of hydrogen-bond donors (Lipinski definition) is 1. The van der Waals surface area contributed by atoms with E-state index < -0.39 is 0 Å². The molecule has 94 valence electrons. The van der Waals surface area contributed by atoms with Gasteiger partial charge in [-0.2, -0.15) is 0 Å². The summed E-state index contributed by atoms with van der Waals surface area (Å²) in [6.45, 7) is 3.00. The standard InChI is InChI=1S/C17H15NO/c1-11-5-4-7-12-9-15(19-17(11)12)16-14-8-3-2-6-13(14)10-18-16/h2-9,16,18H,10H2,1H3. The lowest BCUT2D eigenvalue weighted by atomic mass is 10.0. The van der Waals surface area contributed by atoms with Crippen molar-refractivity contribution in [3.63, 3.8) is 0 Å². The summed E-state index contributed by atoms with van der Waals surface area (Å²) >= 11 is 0. The summed E-state index contributed by atoms with van der Waals surface area (Å²) in [5.41, 5.74) is 4.89. The molecule has 1 aromatic heterocycles. The Bertz CT molecular complexity index is 757.